The van der Waals surface area contributed by atoms with Gasteiger partial charge in [0.2, 0.25) is 0 Å². The lowest BCUT2D eigenvalue weighted by Gasteiger charge is -2.07. The van der Waals surface area contributed by atoms with Gasteiger partial charge in [-0.1, -0.05) is 5.16 Å². The number of aromatic amines is 1. The van der Waals surface area contributed by atoms with Crippen molar-refractivity contribution < 1.29 is 9.94 Å². The van der Waals surface area contributed by atoms with E-state index in [0.717, 1.165) is 36.2 Å². The van der Waals surface area contributed by atoms with Gasteiger partial charge in [-0.15, -0.1) is 0 Å². The molecule has 1 aromatic heterocycles. The molecule has 2 N–H and O–H groups in total. The molecule has 1 heterocycles. The van der Waals surface area contributed by atoms with Gasteiger partial charge in [-0.3, -0.25) is 0 Å². The Morgan fingerprint density at radius 3 is 3.06 bits per heavy atom. The molecule has 1 atom stereocenters. The SMILES string of the molecule is COc1ccc2[nH]cc([C@@H]3CC/C(=N/O)C3)c2c1. The van der Waals surface area contributed by atoms with E-state index in [1.54, 1.807) is 7.11 Å². The molecule has 2 aromatic rings. The van der Waals surface area contributed by atoms with Crippen molar-refractivity contribution in [3.05, 3.63) is 30.0 Å². The molecule has 4 heteroatoms. The molecule has 94 valence electrons. The monoisotopic (exact) mass is 244 g/mol. The summed E-state index contributed by atoms with van der Waals surface area (Å²) < 4.78 is 5.27. The van der Waals surface area contributed by atoms with Crippen LogP contribution >= 0.6 is 0 Å². The van der Waals surface area contributed by atoms with E-state index in [0.29, 0.717) is 5.92 Å². The Morgan fingerprint density at radius 1 is 1.44 bits per heavy atom. The van der Waals surface area contributed by atoms with Crippen molar-refractivity contribution in [2.45, 2.75) is 25.2 Å². The van der Waals surface area contributed by atoms with Crippen molar-refractivity contribution in [1.29, 1.82) is 0 Å². The number of benzene rings is 1. The molecule has 0 unspecified atom stereocenters. The molecule has 1 aliphatic carbocycles. The fraction of sp³-hybridized carbons (Fsp3) is 0.357. The second kappa shape index (κ2) is 4.37. The van der Waals surface area contributed by atoms with Gasteiger partial charge in [-0.05, 0) is 48.9 Å². The van der Waals surface area contributed by atoms with Gasteiger partial charge in [-0.2, -0.15) is 0 Å². The third-order valence-electron chi connectivity index (χ3n) is 3.77. The van der Waals surface area contributed by atoms with Gasteiger partial charge in [0, 0.05) is 17.1 Å². The minimum absolute atomic E-state index is 0.441. The first-order valence-corrected chi connectivity index (χ1v) is 6.16. The summed E-state index contributed by atoms with van der Waals surface area (Å²) in [7, 11) is 1.68. The van der Waals surface area contributed by atoms with Crippen LogP contribution in [0, 0.1) is 0 Å². The average molecular weight is 244 g/mol. The normalized spacial score (nSPS) is 21.8. The molecule has 1 fully saturated rings. The van der Waals surface area contributed by atoms with Crippen LogP contribution in [0.5, 0.6) is 5.75 Å². The van der Waals surface area contributed by atoms with Crippen LogP contribution in [0.1, 0.15) is 30.7 Å². The van der Waals surface area contributed by atoms with Gasteiger partial charge in [0.15, 0.2) is 0 Å². The minimum atomic E-state index is 0.441. The quantitative estimate of drug-likeness (QED) is 0.629. The summed E-state index contributed by atoms with van der Waals surface area (Å²) in [5, 5.41) is 13.4. The number of fused-ring (bicyclic) bond motifs is 1. The predicted octanol–water partition coefficient (Wildman–Crippen LogP) is 3.27. The minimum Gasteiger partial charge on any atom is -0.497 e. The molecule has 0 saturated heterocycles. The van der Waals surface area contributed by atoms with Gasteiger partial charge in [-0.25, -0.2) is 0 Å². The number of hydrogen-bond acceptors (Lipinski definition) is 3. The molecule has 0 radical (unpaired) electrons. The maximum absolute atomic E-state index is 8.84. The average Bonchev–Trinajstić information content (AvgIpc) is 3.03. The summed E-state index contributed by atoms with van der Waals surface area (Å²) in [5.74, 6) is 1.31. The van der Waals surface area contributed by atoms with E-state index < -0.39 is 0 Å². The Balaban J connectivity index is 2.01. The zero-order chi connectivity index (χ0) is 12.5. The maximum atomic E-state index is 8.84. The van der Waals surface area contributed by atoms with E-state index in [9.17, 15) is 0 Å². The number of rotatable bonds is 2. The molecule has 3 rings (SSSR count). The number of ether oxygens (including phenoxy) is 1. The van der Waals surface area contributed by atoms with Crippen molar-refractivity contribution in [3.63, 3.8) is 0 Å². The molecule has 4 nitrogen and oxygen atoms in total. The summed E-state index contributed by atoms with van der Waals surface area (Å²) in [6.07, 6.45) is 4.84. The van der Waals surface area contributed by atoms with E-state index in [1.807, 2.05) is 12.1 Å². The number of aromatic nitrogens is 1. The summed E-state index contributed by atoms with van der Waals surface area (Å²) in [5.41, 5.74) is 3.32. The Labute approximate surface area is 105 Å². The highest BCUT2D eigenvalue weighted by atomic mass is 16.5. The van der Waals surface area contributed by atoms with Crippen LogP contribution in [0.15, 0.2) is 29.6 Å². The van der Waals surface area contributed by atoms with Crippen molar-refractivity contribution in [2.75, 3.05) is 7.11 Å². The Bertz CT molecular complexity index is 601. The van der Waals surface area contributed by atoms with E-state index in [2.05, 4.69) is 22.4 Å². The van der Waals surface area contributed by atoms with Gasteiger partial charge in [0.1, 0.15) is 5.75 Å². The van der Waals surface area contributed by atoms with Crippen molar-refractivity contribution in [3.8, 4) is 5.75 Å². The predicted molar refractivity (Wildman–Crippen MR) is 70.7 cm³/mol. The van der Waals surface area contributed by atoms with Crippen LogP contribution in [0.25, 0.3) is 10.9 Å². The molecule has 1 aromatic carbocycles. The van der Waals surface area contributed by atoms with Gasteiger partial charge in [0.25, 0.3) is 0 Å². The van der Waals surface area contributed by atoms with Crippen molar-refractivity contribution >= 4 is 16.6 Å². The van der Waals surface area contributed by atoms with Crippen molar-refractivity contribution in [2.24, 2.45) is 5.16 Å². The largest absolute Gasteiger partial charge is 0.497 e. The Morgan fingerprint density at radius 2 is 2.33 bits per heavy atom. The van der Waals surface area contributed by atoms with E-state index in [1.165, 1.54) is 10.9 Å². The molecule has 0 bridgehead atoms. The second-order valence-electron chi connectivity index (χ2n) is 4.76. The topological polar surface area (TPSA) is 57.6 Å². The number of methoxy groups -OCH3 is 1. The van der Waals surface area contributed by atoms with E-state index >= 15 is 0 Å². The number of hydrogen-bond donors (Lipinski definition) is 2. The van der Waals surface area contributed by atoms with Crippen LogP contribution in [0.2, 0.25) is 0 Å². The highest BCUT2D eigenvalue weighted by Gasteiger charge is 2.24. The van der Waals surface area contributed by atoms with Crippen LogP contribution < -0.4 is 4.74 Å². The molecule has 1 aliphatic rings. The Kier molecular flexibility index (Phi) is 2.70. The lowest BCUT2D eigenvalue weighted by Crippen LogP contribution is -1.93. The molecule has 0 aliphatic heterocycles. The van der Waals surface area contributed by atoms with Crippen LogP contribution in [0.3, 0.4) is 0 Å². The highest BCUT2D eigenvalue weighted by Crippen LogP contribution is 2.37. The third kappa shape index (κ3) is 1.74. The maximum Gasteiger partial charge on any atom is 0.119 e. The molecule has 1 saturated carbocycles. The zero-order valence-electron chi connectivity index (χ0n) is 10.3. The molecular weight excluding hydrogens is 228 g/mol. The lowest BCUT2D eigenvalue weighted by atomic mass is 9.97. The molecular formula is C14H16N2O2. The molecule has 0 spiro atoms. The first-order valence-electron chi connectivity index (χ1n) is 6.16. The Hall–Kier alpha value is -1.97. The second-order valence-corrected chi connectivity index (χ2v) is 4.76. The first-order chi connectivity index (χ1) is 8.81. The standard InChI is InChI=1S/C14H16N2O2/c1-18-11-4-5-14-12(7-11)13(8-15-14)9-2-3-10(6-9)16-17/h4-5,7-9,15,17H,2-3,6H2,1H3/b16-10-/t9-/m1/s1. The van der Waals surface area contributed by atoms with Crippen LogP contribution in [0.4, 0.5) is 0 Å². The smallest absolute Gasteiger partial charge is 0.119 e. The fourth-order valence-electron chi connectivity index (χ4n) is 2.77. The summed E-state index contributed by atoms with van der Waals surface area (Å²) in [4.78, 5) is 3.29. The van der Waals surface area contributed by atoms with Gasteiger partial charge < -0.3 is 14.9 Å². The van der Waals surface area contributed by atoms with E-state index in [4.69, 9.17) is 9.94 Å². The van der Waals surface area contributed by atoms with Gasteiger partial charge in [0.05, 0.1) is 12.8 Å². The lowest BCUT2D eigenvalue weighted by molar-refractivity contribution is 0.317. The number of H-pyrrole nitrogens is 1. The molecule has 18 heavy (non-hydrogen) atoms. The van der Waals surface area contributed by atoms with Crippen LogP contribution in [-0.2, 0) is 0 Å². The fourth-order valence-corrected chi connectivity index (χ4v) is 2.77. The zero-order valence-corrected chi connectivity index (χ0v) is 10.3. The number of nitrogens with zero attached hydrogens (tertiary/aromatic N) is 1. The highest BCUT2D eigenvalue weighted by molar-refractivity contribution is 5.90. The number of oxime groups is 1. The summed E-state index contributed by atoms with van der Waals surface area (Å²) >= 11 is 0. The van der Waals surface area contributed by atoms with Gasteiger partial charge >= 0.3 is 0 Å². The van der Waals surface area contributed by atoms with E-state index in [-0.39, 0.29) is 0 Å². The first kappa shape index (κ1) is 11.1. The molecule has 0 amide bonds. The summed E-state index contributed by atoms with van der Waals surface area (Å²) in [6.45, 7) is 0. The van der Waals surface area contributed by atoms with Crippen LogP contribution in [-0.4, -0.2) is 23.0 Å². The van der Waals surface area contributed by atoms with Crippen molar-refractivity contribution in [1.82, 2.24) is 4.98 Å². The third-order valence-corrected chi connectivity index (χ3v) is 3.77. The number of nitrogens with one attached hydrogen (secondary N) is 1. The summed E-state index contributed by atoms with van der Waals surface area (Å²) in [6, 6.07) is 6.06.